The Bertz CT molecular complexity index is 618. The average Bonchev–Trinajstić information content (AvgIpc) is 3.06. The highest BCUT2D eigenvalue weighted by Crippen LogP contribution is 2.18. The number of rotatable bonds is 4. The lowest BCUT2D eigenvalue weighted by Gasteiger charge is -2.25. The summed E-state index contributed by atoms with van der Waals surface area (Å²) < 4.78 is 0. The highest BCUT2D eigenvalue weighted by atomic mass is 35.5. The maximum absolute atomic E-state index is 12.3. The second-order valence-corrected chi connectivity index (χ2v) is 6.35. The summed E-state index contributed by atoms with van der Waals surface area (Å²) in [7, 11) is 0. The van der Waals surface area contributed by atoms with E-state index >= 15 is 0 Å². The van der Waals surface area contributed by atoms with Gasteiger partial charge in [0.05, 0.1) is 11.0 Å². The van der Waals surface area contributed by atoms with Crippen molar-refractivity contribution in [2.24, 2.45) is 0 Å². The largest absolute Gasteiger partial charge is 0.354 e. The molecule has 1 aromatic carbocycles. The number of fused-ring (bicyclic) bond motifs is 1. The van der Waals surface area contributed by atoms with Crippen molar-refractivity contribution < 1.29 is 4.79 Å². The first kappa shape index (κ1) is 16.9. The second kappa shape index (κ2) is 7.72. The van der Waals surface area contributed by atoms with Crippen LogP contribution in [0.3, 0.4) is 0 Å². The van der Waals surface area contributed by atoms with Gasteiger partial charge in [0.15, 0.2) is 0 Å². The van der Waals surface area contributed by atoms with Gasteiger partial charge in [0, 0.05) is 30.6 Å². The highest BCUT2D eigenvalue weighted by Gasteiger charge is 2.24. The summed E-state index contributed by atoms with van der Waals surface area (Å²) >= 11 is 1.63. The van der Waals surface area contributed by atoms with Gasteiger partial charge in [-0.2, -0.15) is 0 Å². The molecule has 0 spiro atoms. The van der Waals surface area contributed by atoms with E-state index in [1.807, 2.05) is 17.5 Å². The number of carbonyl (C=O) groups is 1. The maximum Gasteiger partial charge on any atom is 0.237 e. The van der Waals surface area contributed by atoms with Gasteiger partial charge in [0.25, 0.3) is 0 Å². The summed E-state index contributed by atoms with van der Waals surface area (Å²) in [6, 6.07) is 8.15. The molecular weight excluding hydrogens is 318 g/mol. The zero-order chi connectivity index (χ0) is 14.7. The van der Waals surface area contributed by atoms with Gasteiger partial charge in [-0.15, -0.1) is 23.7 Å². The van der Waals surface area contributed by atoms with E-state index in [-0.39, 0.29) is 30.3 Å². The zero-order valence-corrected chi connectivity index (χ0v) is 14.0. The van der Waals surface area contributed by atoms with E-state index < -0.39 is 0 Å². The predicted octanol–water partition coefficient (Wildman–Crippen LogP) is 2.50. The normalized spacial score (nSPS) is 18.0. The smallest absolute Gasteiger partial charge is 0.237 e. The van der Waals surface area contributed by atoms with Gasteiger partial charge in [0.2, 0.25) is 5.91 Å². The van der Waals surface area contributed by atoms with Crippen LogP contribution in [0.1, 0.15) is 29.0 Å². The fourth-order valence-electron chi connectivity index (χ4n) is 2.58. The number of hydrogen-bond acceptors (Lipinski definition) is 4. The third kappa shape index (κ3) is 3.85. The van der Waals surface area contributed by atoms with Crippen molar-refractivity contribution in [2.45, 2.75) is 31.8 Å². The molecule has 0 radical (unpaired) electrons. The lowest BCUT2D eigenvalue weighted by Crippen LogP contribution is -2.48. The third-order valence-corrected chi connectivity index (χ3v) is 4.86. The third-order valence-electron chi connectivity index (χ3n) is 3.85. The first-order valence-electron chi connectivity index (χ1n) is 7.21. The van der Waals surface area contributed by atoms with Crippen LogP contribution in [0.5, 0.6) is 0 Å². The van der Waals surface area contributed by atoms with Crippen LogP contribution in [0.2, 0.25) is 0 Å². The predicted molar refractivity (Wildman–Crippen MR) is 91.6 cm³/mol. The van der Waals surface area contributed by atoms with E-state index in [2.05, 4.69) is 34.7 Å². The Hall–Kier alpha value is -1.43. The van der Waals surface area contributed by atoms with Gasteiger partial charge in [0.1, 0.15) is 0 Å². The van der Waals surface area contributed by atoms with Crippen LogP contribution in [0.25, 0.3) is 0 Å². The summed E-state index contributed by atoms with van der Waals surface area (Å²) in [5, 5.41) is 9.38. The Morgan fingerprint density at radius 1 is 1.45 bits per heavy atom. The molecule has 3 rings (SSSR count). The van der Waals surface area contributed by atoms with Crippen molar-refractivity contribution in [3.8, 4) is 0 Å². The SMILES string of the molecule is CC(CNC(=O)C1Cc2ccccc2CN1)c1nccs1.Cl. The second-order valence-electron chi connectivity index (χ2n) is 5.42. The molecule has 0 aliphatic carbocycles. The molecule has 2 aromatic rings. The van der Waals surface area contributed by atoms with Gasteiger partial charge in [-0.25, -0.2) is 4.98 Å². The number of nitrogens with zero attached hydrogens (tertiary/aromatic N) is 1. The molecule has 1 aliphatic heterocycles. The number of nitrogens with one attached hydrogen (secondary N) is 2. The van der Waals surface area contributed by atoms with Gasteiger partial charge >= 0.3 is 0 Å². The van der Waals surface area contributed by atoms with E-state index in [0.717, 1.165) is 18.0 Å². The summed E-state index contributed by atoms with van der Waals surface area (Å²) in [6.45, 7) is 3.48. The zero-order valence-electron chi connectivity index (χ0n) is 12.4. The van der Waals surface area contributed by atoms with Crippen LogP contribution in [-0.4, -0.2) is 23.5 Å². The topological polar surface area (TPSA) is 54.0 Å². The molecule has 1 aliphatic rings. The van der Waals surface area contributed by atoms with Crippen molar-refractivity contribution in [2.75, 3.05) is 6.54 Å². The molecule has 0 fully saturated rings. The number of amides is 1. The van der Waals surface area contributed by atoms with Gasteiger partial charge in [-0.05, 0) is 17.5 Å². The number of carbonyl (C=O) groups excluding carboxylic acids is 1. The van der Waals surface area contributed by atoms with Crippen LogP contribution < -0.4 is 10.6 Å². The minimum absolute atomic E-state index is 0. The molecule has 4 nitrogen and oxygen atoms in total. The summed E-state index contributed by atoms with van der Waals surface area (Å²) in [6.07, 6.45) is 2.56. The average molecular weight is 338 g/mol. The van der Waals surface area contributed by atoms with Gasteiger partial charge in [-0.3, -0.25) is 4.79 Å². The van der Waals surface area contributed by atoms with Gasteiger partial charge in [-0.1, -0.05) is 31.2 Å². The Morgan fingerprint density at radius 3 is 2.95 bits per heavy atom. The number of hydrogen-bond donors (Lipinski definition) is 2. The summed E-state index contributed by atoms with van der Waals surface area (Å²) in [4.78, 5) is 16.6. The van der Waals surface area contributed by atoms with Gasteiger partial charge < -0.3 is 10.6 Å². The number of thiazole rings is 1. The van der Waals surface area contributed by atoms with E-state index in [1.54, 1.807) is 17.5 Å². The monoisotopic (exact) mass is 337 g/mol. The standard InChI is InChI=1S/C16H19N3OS.ClH/c1-11(16-17-6-7-21-16)9-19-15(20)14-8-12-4-2-3-5-13(12)10-18-14;/h2-7,11,14,18H,8-10H2,1H3,(H,19,20);1H. The molecule has 1 aromatic heterocycles. The molecule has 2 N–H and O–H groups in total. The molecule has 6 heteroatoms. The molecule has 118 valence electrons. The molecule has 1 amide bonds. The highest BCUT2D eigenvalue weighted by molar-refractivity contribution is 7.09. The van der Waals surface area contributed by atoms with E-state index in [0.29, 0.717) is 6.54 Å². The van der Waals surface area contributed by atoms with E-state index in [9.17, 15) is 4.79 Å². The molecule has 2 heterocycles. The van der Waals surface area contributed by atoms with Crippen molar-refractivity contribution in [3.05, 3.63) is 52.0 Å². The minimum atomic E-state index is -0.136. The molecule has 22 heavy (non-hydrogen) atoms. The van der Waals surface area contributed by atoms with Crippen LogP contribution in [0, 0.1) is 0 Å². The summed E-state index contributed by atoms with van der Waals surface area (Å²) in [5.41, 5.74) is 2.56. The van der Waals surface area contributed by atoms with Crippen LogP contribution in [0.4, 0.5) is 0 Å². The first-order chi connectivity index (χ1) is 10.2. The van der Waals surface area contributed by atoms with Crippen molar-refractivity contribution in [1.29, 1.82) is 0 Å². The lowest BCUT2D eigenvalue weighted by atomic mass is 9.95. The fourth-order valence-corrected chi connectivity index (χ4v) is 3.28. The van der Waals surface area contributed by atoms with E-state index in [1.165, 1.54) is 11.1 Å². The Morgan fingerprint density at radius 2 is 2.23 bits per heavy atom. The van der Waals surface area contributed by atoms with Crippen LogP contribution in [-0.2, 0) is 17.8 Å². The Labute approximate surface area is 140 Å². The molecular formula is C16H20ClN3OS. The number of benzene rings is 1. The fraction of sp³-hybridized carbons (Fsp3) is 0.375. The maximum atomic E-state index is 12.3. The summed E-state index contributed by atoms with van der Waals surface area (Å²) in [5.74, 6) is 0.331. The van der Waals surface area contributed by atoms with Crippen LogP contribution in [0.15, 0.2) is 35.8 Å². The Balaban J connectivity index is 0.00000176. The van der Waals surface area contributed by atoms with Crippen molar-refractivity contribution in [1.82, 2.24) is 15.6 Å². The molecule has 0 saturated heterocycles. The van der Waals surface area contributed by atoms with Crippen molar-refractivity contribution in [3.63, 3.8) is 0 Å². The first-order valence-corrected chi connectivity index (χ1v) is 8.09. The number of halogens is 1. The minimum Gasteiger partial charge on any atom is -0.354 e. The van der Waals surface area contributed by atoms with Crippen molar-refractivity contribution >= 4 is 29.7 Å². The number of aromatic nitrogens is 1. The van der Waals surface area contributed by atoms with E-state index in [4.69, 9.17) is 0 Å². The quantitative estimate of drug-likeness (QED) is 0.901. The molecule has 0 bridgehead atoms. The molecule has 2 unspecified atom stereocenters. The molecule has 2 atom stereocenters. The molecule has 0 saturated carbocycles. The Kier molecular flexibility index (Phi) is 5.94. The van der Waals surface area contributed by atoms with Crippen LogP contribution >= 0.6 is 23.7 Å². The lowest BCUT2D eigenvalue weighted by molar-refractivity contribution is -0.123.